The van der Waals surface area contributed by atoms with Gasteiger partial charge in [0.25, 0.3) is 5.91 Å². The molecule has 3 aromatic rings. The van der Waals surface area contributed by atoms with E-state index >= 15 is 0 Å². The number of nitrogens with one attached hydrogen (secondary N) is 2. The Morgan fingerprint density at radius 1 is 0.964 bits per heavy atom. The van der Waals surface area contributed by atoms with E-state index in [1.54, 1.807) is 12.1 Å². The Morgan fingerprint density at radius 3 is 2.36 bits per heavy atom. The molecule has 0 spiro atoms. The van der Waals surface area contributed by atoms with E-state index < -0.39 is 15.8 Å². The average Bonchev–Trinajstić information content (AvgIpc) is 2.67. The van der Waals surface area contributed by atoms with Gasteiger partial charge in [0.05, 0.1) is 4.90 Å². The number of sulfonamides is 1. The van der Waals surface area contributed by atoms with Crippen molar-refractivity contribution < 1.29 is 17.6 Å². The molecule has 144 valence electrons. The number of aryl methyl sites for hydroxylation is 1. The van der Waals surface area contributed by atoms with E-state index in [4.69, 9.17) is 0 Å². The summed E-state index contributed by atoms with van der Waals surface area (Å²) in [6, 6.07) is 18.9. The fourth-order valence-corrected chi connectivity index (χ4v) is 3.62. The second-order valence-corrected chi connectivity index (χ2v) is 8.03. The van der Waals surface area contributed by atoms with Crippen LogP contribution in [0.1, 0.15) is 21.5 Å². The van der Waals surface area contributed by atoms with Gasteiger partial charge in [-0.2, -0.15) is 0 Å². The molecule has 5 nitrogen and oxygen atoms in total. The lowest BCUT2D eigenvalue weighted by Crippen LogP contribution is -2.24. The van der Waals surface area contributed by atoms with Crippen molar-refractivity contribution in [2.45, 2.75) is 18.4 Å². The van der Waals surface area contributed by atoms with E-state index in [9.17, 15) is 17.6 Å². The molecule has 0 saturated carbocycles. The van der Waals surface area contributed by atoms with Crippen molar-refractivity contribution in [1.29, 1.82) is 0 Å². The molecule has 0 aliphatic heterocycles. The van der Waals surface area contributed by atoms with Crippen molar-refractivity contribution in [2.24, 2.45) is 0 Å². The Morgan fingerprint density at radius 2 is 1.68 bits per heavy atom. The van der Waals surface area contributed by atoms with Crippen molar-refractivity contribution in [3.8, 4) is 0 Å². The van der Waals surface area contributed by atoms with Crippen LogP contribution in [0, 0.1) is 12.7 Å². The molecule has 0 aliphatic rings. The molecule has 3 rings (SSSR count). The Labute approximate surface area is 163 Å². The maximum Gasteiger partial charge on any atom is 0.255 e. The van der Waals surface area contributed by atoms with E-state index in [1.165, 1.54) is 42.5 Å². The van der Waals surface area contributed by atoms with Crippen LogP contribution in [0.15, 0.2) is 77.7 Å². The van der Waals surface area contributed by atoms with E-state index in [2.05, 4.69) is 10.0 Å². The summed E-state index contributed by atoms with van der Waals surface area (Å²) in [5.41, 5.74) is 2.25. The van der Waals surface area contributed by atoms with Crippen LogP contribution in [0.3, 0.4) is 0 Å². The molecule has 28 heavy (non-hydrogen) atoms. The van der Waals surface area contributed by atoms with Gasteiger partial charge in [0.1, 0.15) is 5.82 Å². The smallest absolute Gasteiger partial charge is 0.255 e. The van der Waals surface area contributed by atoms with Crippen LogP contribution in [-0.4, -0.2) is 14.3 Å². The first kappa shape index (κ1) is 19.7. The number of anilines is 1. The molecule has 0 unspecified atom stereocenters. The van der Waals surface area contributed by atoms with E-state index in [0.717, 1.165) is 5.56 Å². The Kier molecular flexibility index (Phi) is 5.87. The van der Waals surface area contributed by atoms with Crippen LogP contribution in [0.2, 0.25) is 0 Å². The largest absolute Gasteiger partial charge is 0.322 e. The topological polar surface area (TPSA) is 75.3 Å². The van der Waals surface area contributed by atoms with Crippen LogP contribution < -0.4 is 10.0 Å². The molecule has 1 amide bonds. The highest BCUT2D eigenvalue weighted by molar-refractivity contribution is 7.89. The van der Waals surface area contributed by atoms with Gasteiger partial charge in [-0.25, -0.2) is 17.5 Å². The lowest BCUT2D eigenvalue weighted by Gasteiger charge is -2.09. The normalized spacial score (nSPS) is 11.2. The number of halogens is 1. The molecular weight excluding hydrogens is 379 g/mol. The third-order valence-electron chi connectivity index (χ3n) is 4.11. The summed E-state index contributed by atoms with van der Waals surface area (Å²) in [5.74, 6) is -0.817. The van der Waals surface area contributed by atoms with Gasteiger partial charge in [0.2, 0.25) is 10.0 Å². The lowest BCUT2D eigenvalue weighted by molar-refractivity contribution is 0.102. The van der Waals surface area contributed by atoms with Gasteiger partial charge in [-0.05, 0) is 55.0 Å². The Hall–Kier alpha value is -3.03. The molecule has 3 aromatic carbocycles. The fraction of sp³-hybridized carbons (Fsp3) is 0.0952. The summed E-state index contributed by atoms with van der Waals surface area (Å²) >= 11 is 0. The standard InChI is InChI=1S/C21H19FN2O3S/c1-15-5-4-7-18(13-15)24-21(25)16-9-11-19(12-10-16)28(26,27)23-14-17-6-2-3-8-20(17)22/h2-13,23H,14H2,1H3,(H,24,25). The fourth-order valence-electron chi connectivity index (χ4n) is 2.61. The quantitative estimate of drug-likeness (QED) is 0.662. The molecule has 0 aliphatic carbocycles. The van der Waals surface area contributed by atoms with Gasteiger partial charge in [0.15, 0.2) is 0 Å². The molecular formula is C21H19FN2O3S. The highest BCUT2D eigenvalue weighted by Crippen LogP contribution is 2.15. The number of hydrogen-bond donors (Lipinski definition) is 2. The first-order valence-electron chi connectivity index (χ1n) is 8.56. The zero-order valence-corrected chi connectivity index (χ0v) is 16.0. The maximum atomic E-state index is 13.6. The van der Waals surface area contributed by atoms with E-state index in [1.807, 2.05) is 25.1 Å². The zero-order valence-electron chi connectivity index (χ0n) is 15.1. The summed E-state index contributed by atoms with van der Waals surface area (Å²) in [5, 5.41) is 2.76. The van der Waals surface area contributed by atoms with E-state index in [0.29, 0.717) is 11.3 Å². The van der Waals surface area contributed by atoms with Crippen LogP contribution in [0.4, 0.5) is 10.1 Å². The number of carbonyl (C=O) groups excluding carboxylic acids is 1. The number of benzene rings is 3. The number of carbonyl (C=O) groups is 1. The minimum atomic E-state index is -3.83. The van der Waals surface area contributed by atoms with Gasteiger partial charge < -0.3 is 5.32 Å². The zero-order chi connectivity index (χ0) is 20.1. The molecule has 0 saturated heterocycles. The van der Waals surface area contributed by atoms with Gasteiger partial charge in [0, 0.05) is 23.4 Å². The summed E-state index contributed by atoms with van der Waals surface area (Å²) in [6.45, 7) is 1.76. The van der Waals surface area contributed by atoms with Crippen molar-refractivity contribution >= 4 is 21.6 Å². The summed E-state index contributed by atoms with van der Waals surface area (Å²) < 4.78 is 40.8. The third-order valence-corrected chi connectivity index (χ3v) is 5.53. The molecule has 2 N–H and O–H groups in total. The lowest BCUT2D eigenvalue weighted by atomic mass is 10.2. The second kappa shape index (κ2) is 8.33. The minimum absolute atomic E-state index is 0.00375. The predicted molar refractivity (Wildman–Crippen MR) is 106 cm³/mol. The number of amides is 1. The molecule has 0 fully saturated rings. The monoisotopic (exact) mass is 398 g/mol. The third kappa shape index (κ3) is 4.82. The number of rotatable bonds is 6. The van der Waals surface area contributed by atoms with Crippen molar-refractivity contribution in [2.75, 3.05) is 5.32 Å². The predicted octanol–water partition coefficient (Wildman–Crippen LogP) is 3.86. The average molecular weight is 398 g/mol. The van der Waals surface area contributed by atoms with Gasteiger partial charge in [-0.1, -0.05) is 30.3 Å². The van der Waals surface area contributed by atoms with Crippen molar-refractivity contribution in [3.63, 3.8) is 0 Å². The van der Waals surface area contributed by atoms with Gasteiger partial charge >= 0.3 is 0 Å². The molecule has 7 heteroatoms. The summed E-state index contributed by atoms with van der Waals surface area (Å²) in [6.07, 6.45) is 0. The highest BCUT2D eigenvalue weighted by Gasteiger charge is 2.16. The molecule has 0 atom stereocenters. The SMILES string of the molecule is Cc1cccc(NC(=O)c2ccc(S(=O)(=O)NCc3ccccc3F)cc2)c1. The van der Waals surface area contributed by atoms with Crippen LogP contribution >= 0.6 is 0 Å². The number of hydrogen-bond acceptors (Lipinski definition) is 3. The first-order valence-corrected chi connectivity index (χ1v) is 10.0. The second-order valence-electron chi connectivity index (χ2n) is 6.26. The van der Waals surface area contributed by atoms with Crippen LogP contribution in [0.25, 0.3) is 0 Å². The Balaban J connectivity index is 1.68. The molecule has 0 heterocycles. The summed E-state index contributed by atoms with van der Waals surface area (Å²) in [7, 11) is -3.83. The van der Waals surface area contributed by atoms with Crippen molar-refractivity contribution in [1.82, 2.24) is 4.72 Å². The highest BCUT2D eigenvalue weighted by atomic mass is 32.2. The Bertz CT molecular complexity index is 1100. The van der Waals surface area contributed by atoms with Crippen LogP contribution in [-0.2, 0) is 16.6 Å². The van der Waals surface area contributed by atoms with Crippen LogP contribution in [0.5, 0.6) is 0 Å². The minimum Gasteiger partial charge on any atom is -0.322 e. The molecule has 0 radical (unpaired) electrons. The van der Waals surface area contributed by atoms with Crippen molar-refractivity contribution in [3.05, 3.63) is 95.3 Å². The molecule has 0 bridgehead atoms. The van der Waals surface area contributed by atoms with Gasteiger partial charge in [-0.3, -0.25) is 4.79 Å². The maximum absolute atomic E-state index is 13.6. The van der Waals surface area contributed by atoms with Gasteiger partial charge in [-0.15, -0.1) is 0 Å². The first-order chi connectivity index (χ1) is 13.3. The molecule has 0 aromatic heterocycles. The van der Waals surface area contributed by atoms with E-state index in [-0.39, 0.29) is 22.9 Å². The summed E-state index contributed by atoms with van der Waals surface area (Å²) in [4.78, 5) is 12.3.